The van der Waals surface area contributed by atoms with E-state index in [1.807, 2.05) is 11.3 Å². The lowest BCUT2D eigenvalue weighted by Crippen LogP contribution is -2.53. The Morgan fingerprint density at radius 1 is 1.56 bits per heavy atom. The van der Waals surface area contributed by atoms with Crippen LogP contribution in [0.2, 0.25) is 0 Å². The second-order valence-electron chi connectivity index (χ2n) is 4.93. The highest BCUT2D eigenvalue weighted by atomic mass is 32.1. The second kappa shape index (κ2) is 5.80. The molecule has 0 saturated carbocycles. The van der Waals surface area contributed by atoms with Crippen molar-refractivity contribution in [3.63, 3.8) is 0 Å². The minimum atomic E-state index is 0.678. The smallest absolute Gasteiger partial charge is 0.0218 e. The zero-order chi connectivity index (χ0) is 11.4. The summed E-state index contributed by atoms with van der Waals surface area (Å²) in [6, 6.07) is 5.07. The van der Waals surface area contributed by atoms with Crippen molar-refractivity contribution < 1.29 is 0 Å². The first-order valence-corrected chi connectivity index (χ1v) is 7.12. The molecule has 0 bridgehead atoms. The standard InChI is InChI=1S/C13H22N2S/c1-11(2)13-10-15(8-6-14-13)7-5-12-4-3-9-16-12/h3-4,9,11,13-14H,5-8,10H2,1-2H3. The van der Waals surface area contributed by atoms with Crippen molar-refractivity contribution in [3.05, 3.63) is 22.4 Å². The average Bonchev–Trinajstić information content (AvgIpc) is 2.79. The molecule has 1 unspecified atom stereocenters. The maximum absolute atomic E-state index is 3.60. The quantitative estimate of drug-likeness (QED) is 0.865. The van der Waals surface area contributed by atoms with Crippen LogP contribution in [-0.2, 0) is 6.42 Å². The van der Waals surface area contributed by atoms with E-state index in [2.05, 4.69) is 41.6 Å². The Hall–Kier alpha value is -0.380. The number of piperazine rings is 1. The number of rotatable bonds is 4. The summed E-state index contributed by atoms with van der Waals surface area (Å²) in [5.74, 6) is 0.740. The molecule has 2 nitrogen and oxygen atoms in total. The minimum Gasteiger partial charge on any atom is -0.311 e. The monoisotopic (exact) mass is 238 g/mol. The fourth-order valence-corrected chi connectivity index (χ4v) is 2.91. The molecule has 1 N–H and O–H groups in total. The third kappa shape index (κ3) is 3.30. The molecule has 0 aromatic carbocycles. The molecule has 0 amide bonds. The fraction of sp³-hybridized carbons (Fsp3) is 0.692. The number of thiophene rings is 1. The molecule has 0 spiro atoms. The van der Waals surface area contributed by atoms with E-state index in [1.54, 1.807) is 0 Å². The minimum absolute atomic E-state index is 0.678. The molecular weight excluding hydrogens is 216 g/mol. The Morgan fingerprint density at radius 2 is 2.44 bits per heavy atom. The van der Waals surface area contributed by atoms with Crippen molar-refractivity contribution in [2.24, 2.45) is 5.92 Å². The third-order valence-corrected chi connectivity index (χ3v) is 4.28. The Bertz CT molecular complexity index is 295. The molecule has 16 heavy (non-hydrogen) atoms. The van der Waals surface area contributed by atoms with Crippen LogP contribution in [0.5, 0.6) is 0 Å². The maximum atomic E-state index is 3.60. The largest absolute Gasteiger partial charge is 0.311 e. The van der Waals surface area contributed by atoms with Crippen molar-refractivity contribution in [1.82, 2.24) is 10.2 Å². The van der Waals surface area contributed by atoms with Gasteiger partial charge in [-0.05, 0) is 23.8 Å². The summed E-state index contributed by atoms with van der Waals surface area (Å²) in [5, 5.41) is 5.77. The molecule has 1 fully saturated rings. The van der Waals surface area contributed by atoms with Gasteiger partial charge in [-0.15, -0.1) is 11.3 Å². The molecule has 1 aliphatic rings. The summed E-state index contributed by atoms with van der Waals surface area (Å²) in [6.07, 6.45) is 1.21. The third-order valence-electron chi connectivity index (χ3n) is 3.35. The predicted molar refractivity (Wildman–Crippen MR) is 71.1 cm³/mol. The number of nitrogens with one attached hydrogen (secondary N) is 1. The van der Waals surface area contributed by atoms with Gasteiger partial charge in [-0.25, -0.2) is 0 Å². The SMILES string of the molecule is CC(C)C1CN(CCc2cccs2)CCN1. The zero-order valence-corrected chi connectivity index (χ0v) is 11.1. The predicted octanol–water partition coefficient (Wildman–Crippen LogP) is 2.22. The molecule has 1 saturated heterocycles. The summed E-state index contributed by atoms with van der Waals surface area (Å²) in [7, 11) is 0. The number of hydrogen-bond donors (Lipinski definition) is 1. The van der Waals surface area contributed by atoms with Crippen LogP contribution in [0.4, 0.5) is 0 Å². The van der Waals surface area contributed by atoms with E-state index in [-0.39, 0.29) is 0 Å². The lowest BCUT2D eigenvalue weighted by atomic mass is 10.0. The first-order chi connectivity index (χ1) is 7.75. The van der Waals surface area contributed by atoms with Gasteiger partial charge in [0, 0.05) is 37.1 Å². The van der Waals surface area contributed by atoms with E-state index in [1.165, 1.54) is 30.9 Å². The van der Waals surface area contributed by atoms with Gasteiger partial charge >= 0.3 is 0 Å². The van der Waals surface area contributed by atoms with Gasteiger partial charge in [0.05, 0.1) is 0 Å². The van der Waals surface area contributed by atoms with E-state index in [4.69, 9.17) is 0 Å². The molecule has 2 rings (SSSR count). The summed E-state index contributed by atoms with van der Waals surface area (Å²) in [4.78, 5) is 4.11. The highest BCUT2D eigenvalue weighted by molar-refractivity contribution is 7.09. The molecule has 1 aliphatic heterocycles. The van der Waals surface area contributed by atoms with E-state index in [0.717, 1.165) is 12.5 Å². The van der Waals surface area contributed by atoms with Gasteiger partial charge < -0.3 is 10.2 Å². The first kappa shape index (κ1) is 12.1. The summed E-state index contributed by atoms with van der Waals surface area (Å²) in [6.45, 7) is 9.39. The zero-order valence-electron chi connectivity index (χ0n) is 10.3. The van der Waals surface area contributed by atoms with Gasteiger partial charge in [-0.1, -0.05) is 19.9 Å². The summed E-state index contributed by atoms with van der Waals surface area (Å²) >= 11 is 1.88. The van der Waals surface area contributed by atoms with Crippen molar-refractivity contribution >= 4 is 11.3 Å². The number of hydrogen-bond acceptors (Lipinski definition) is 3. The van der Waals surface area contributed by atoms with E-state index in [0.29, 0.717) is 6.04 Å². The van der Waals surface area contributed by atoms with Gasteiger partial charge in [0.15, 0.2) is 0 Å². The van der Waals surface area contributed by atoms with Crippen molar-refractivity contribution in [2.45, 2.75) is 26.3 Å². The molecule has 1 aromatic rings. The lowest BCUT2D eigenvalue weighted by Gasteiger charge is -2.35. The van der Waals surface area contributed by atoms with Crippen LogP contribution >= 0.6 is 11.3 Å². The van der Waals surface area contributed by atoms with Gasteiger partial charge in [-0.2, -0.15) is 0 Å². The van der Waals surface area contributed by atoms with Gasteiger partial charge in [-0.3, -0.25) is 0 Å². The number of nitrogens with zero attached hydrogens (tertiary/aromatic N) is 1. The molecule has 2 heterocycles. The Morgan fingerprint density at radius 3 is 3.12 bits per heavy atom. The van der Waals surface area contributed by atoms with E-state index < -0.39 is 0 Å². The van der Waals surface area contributed by atoms with Gasteiger partial charge in [0.2, 0.25) is 0 Å². The molecule has 0 radical (unpaired) electrons. The van der Waals surface area contributed by atoms with Crippen LogP contribution in [0.1, 0.15) is 18.7 Å². The highest BCUT2D eigenvalue weighted by Gasteiger charge is 2.21. The van der Waals surface area contributed by atoms with Crippen molar-refractivity contribution in [2.75, 3.05) is 26.2 Å². The Kier molecular flexibility index (Phi) is 4.38. The van der Waals surface area contributed by atoms with Crippen LogP contribution in [0.3, 0.4) is 0 Å². The molecular formula is C13H22N2S. The molecule has 0 aliphatic carbocycles. The molecule has 90 valence electrons. The van der Waals surface area contributed by atoms with Crippen LogP contribution in [-0.4, -0.2) is 37.1 Å². The van der Waals surface area contributed by atoms with Crippen LogP contribution in [0.25, 0.3) is 0 Å². The topological polar surface area (TPSA) is 15.3 Å². The average molecular weight is 238 g/mol. The molecule has 1 aromatic heterocycles. The second-order valence-corrected chi connectivity index (χ2v) is 5.97. The van der Waals surface area contributed by atoms with Crippen molar-refractivity contribution in [1.29, 1.82) is 0 Å². The molecule has 3 heteroatoms. The maximum Gasteiger partial charge on any atom is 0.0218 e. The fourth-order valence-electron chi connectivity index (χ4n) is 2.21. The Balaban J connectivity index is 1.77. The highest BCUT2D eigenvalue weighted by Crippen LogP contribution is 2.12. The Labute approximate surface area is 103 Å². The lowest BCUT2D eigenvalue weighted by molar-refractivity contribution is 0.177. The van der Waals surface area contributed by atoms with Crippen LogP contribution in [0.15, 0.2) is 17.5 Å². The van der Waals surface area contributed by atoms with Crippen LogP contribution < -0.4 is 5.32 Å². The van der Waals surface area contributed by atoms with Crippen molar-refractivity contribution in [3.8, 4) is 0 Å². The van der Waals surface area contributed by atoms with E-state index in [9.17, 15) is 0 Å². The van der Waals surface area contributed by atoms with Crippen LogP contribution in [0, 0.1) is 5.92 Å². The summed E-state index contributed by atoms with van der Waals surface area (Å²) < 4.78 is 0. The van der Waals surface area contributed by atoms with E-state index >= 15 is 0 Å². The van der Waals surface area contributed by atoms with Gasteiger partial charge in [0.25, 0.3) is 0 Å². The summed E-state index contributed by atoms with van der Waals surface area (Å²) in [5.41, 5.74) is 0. The first-order valence-electron chi connectivity index (χ1n) is 6.24. The normalized spacial score (nSPS) is 22.8. The van der Waals surface area contributed by atoms with Gasteiger partial charge in [0.1, 0.15) is 0 Å². The molecule has 1 atom stereocenters.